The highest BCUT2D eigenvalue weighted by atomic mass is 16.6. The van der Waals surface area contributed by atoms with E-state index in [0.717, 1.165) is 96.7 Å². The van der Waals surface area contributed by atoms with Gasteiger partial charge >= 0.3 is 5.97 Å². The SMILES string of the molecule is CCCCCCCCC(CC)OC(=O)CCCCCCCN(CCO)CCCCCCCC(O)OC(CCCCCCCC)CCCCCCCC. The summed E-state index contributed by atoms with van der Waals surface area (Å²) < 4.78 is 12.0. The van der Waals surface area contributed by atoms with Gasteiger partial charge in [-0.2, -0.15) is 0 Å². The van der Waals surface area contributed by atoms with Gasteiger partial charge in [0.15, 0.2) is 6.29 Å². The lowest BCUT2D eigenvalue weighted by Crippen LogP contribution is -2.29. The molecule has 0 aromatic carbocycles. The first-order valence-corrected chi connectivity index (χ1v) is 23.4. The van der Waals surface area contributed by atoms with Crippen molar-refractivity contribution in [3.63, 3.8) is 0 Å². The number of carbonyl (C=O) groups is 1. The lowest BCUT2D eigenvalue weighted by molar-refractivity contribution is -0.149. The van der Waals surface area contributed by atoms with E-state index in [9.17, 15) is 15.0 Å². The Kier molecular flexibility index (Phi) is 40.9. The van der Waals surface area contributed by atoms with Crippen molar-refractivity contribution in [2.75, 3.05) is 26.2 Å². The molecule has 6 heteroatoms. The maximum Gasteiger partial charge on any atom is 0.306 e. The summed E-state index contributed by atoms with van der Waals surface area (Å²) in [4.78, 5) is 14.8. The van der Waals surface area contributed by atoms with Crippen LogP contribution in [0.4, 0.5) is 0 Å². The number of hydrogen-bond acceptors (Lipinski definition) is 6. The van der Waals surface area contributed by atoms with Gasteiger partial charge in [-0.05, 0) is 77.3 Å². The molecule has 312 valence electrons. The lowest BCUT2D eigenvalue weighted by atomic mass is 10.0. The van der Waals surface area contributed by atoms with Crippen molar-refractivity contribution in [1.29, 1.82) is 0 Å². The van der Waals surface area contributed by atoms with Gasteiger partial charge in [-0.1, -0.05) is 175 Å². The molecule has 0 fully saturated rings. The summed E-state index contributed by atoms with van der Waals surface area (Å²) in [5.74, 6) is -0.0114. The molecule has 2 N–H and O–H groups in total. The van der Waals surface area contributed by atoms with Gasteiger partial charge in [-0.25, -0.2) is 0 Å². The fourth-order valence-electron chi connectivity index (χ4n) is 7.42. The molecular weight excluding hydrogens is 647 g/mol. The summed E-state index contributed by atoms with van der Waals surface area (Å²) in [5, 5.41) is 20.3. The van der Waals surface area contributed by atoms with E-state index in [1.165, 1.54) is 135 Å². The van der Waals surface area contributed by atoms with Crippen LogP contribution in [-0.2, 0) is 14.3 Å². The summed E-state index contributed by atoms with van der Waals surface area (Å²) in [6.45, 7) is 12.0. The van der Waals surface area contributed by atoms with Crippen LogP contribution in [0.5, 0.6) is 0 Å². The molecule has 0 radical (unpaired) electrons. The summed E-state index contributed by atoms with van der Waals surface area (Å²) >= 11 is 0. The molecule has 0 aromatic rings. The van der Waals surface area contributed by atoms with Crippen molar-refractivity contribution in [1.82, 2.24) is 4.90 Å². The van der Waals surface area contributed by atoms with Gasteiger partial charge in [0.05, 0.1) is 12.7 Å². The van der Waals surface area contributed by atoms with Crippen LogP contribution in [-0.4, -0.2) is 65.8 Å². The molecule has 2 atom stereocenters. The number of rotatable bonds is 43. The molecule has 0 bridgehead atoms. The van der Waals surface area contributed by atoms with E-state index in [0.29, 0.717) is 6.42 Å². The Labute approximate surface area is 325 Å². The van der Waals surface area contributed by atoms with E-state index in [2.05, 4.69) is 32.6 Å². The average Bonchev–Trinajstić information content (AvgIpc) is 3.14. The van der Waals surface area contributed by atoms with Crippen LogP contribution in [0, 0.1) is 0 Å². The second-order valence-corrected chi connectivity index (χ2v) is 16.0. The molecule has 6 nitrogen and oxygen atoms in total. The van der Waals surface area contributed by atoms with Crippen LogP contribution in [0.1, 0.15) is 246 Å². The zero-order valence-corrected chi connectivity index (χ0v) is 35.7. The second kappa shape index (κ2) is 41.5. The molecule has 0 spiro atoms. The maximum atomic E-state index is 12.3. The summed E-state index contributed by atoms with van der Waals surface area (Å²) in [6.07, 6.45) is 39.7. The topological polar surface area (TPSA) is 79.2 Å². The fourth-order valence-corrected chi connectivity index (χ4v) is 7.42. The highest BCUT2D eigenvalue weighted by Crippen LogP contribution is 2.20. The summed E-state index contributed by atoms with van der Waals surface area (Å²) in [5.41, 5.74) is 0. The predicted molar refractivity (Wildman–Crippen MR) is 224 cm³/mol. The van der Waals surface area contributed by atoms with Crippen LogP contribution < -0.4 is 0 Å². The van der Waals surface area contributed by atoms with Gasteiger partial charge in [0.25, 0.3) is 0 Å². The van der Waals surface area contributed by atoms with Crippen molar-refractivity contribution in [3.05, 3.63) is 0 Å². The van der Waals surface area contributed by atoms with Gasteiger partial charge in [-0.15, -0.1) is 0 Å². The number of aliphatic hydroxyl groups is 2. The van der Waals surface area contributed by atoms with Gasteiger partial charge < -0.3 is 24.6 Å². The van der Waals surface area contributed by atoms with Crippen molar-refractivity contribution in [3.8, 4) is 0 Å². The third-order valence-electron chi connectivity index (χ3n) is 10.9. The lowest BCUT2D eigenvalue weighted by Gasteiger charge is -2.22. The van der Waals surface area contributed by atoms with Gasteiger partial charge in [-0.3, -0.25) is 4.79 Å². The first-order chi connectivity index (χ1) is 25.5. The number of unbranched alkanes of at least 4 members (excludes halogenated alkanes) is 23. The number of carbonyl (C=O) groups excluding carboxylic acids is 1. The zero-order valence-electron chi connectivity index (χ0n) is 35.7. The van der Waals surface area contributed by atoms with Crippen molar-refractivity contribution in [2.45, 2.75) is 265 Å². The molecule has 0 rings (SSSR count). The molecule has 0 saturated heterocycles. The van der Waals surface area contributed by atoms with Gasteiger partial charge in [0.2, 0.25) is 0 Å². The normalized spacial score (nSPS) is 13.0. The van der Waals surface area contributed by atoms with E-state index < -0.39 is 6.29 Å². The highest BCUT2D eigenvalue weighted by Gasteiger charge is 2.15. The van der Waals surface area contributed by atoms with Crippen molar-refractivity contribution in [2.24, 2.45) is 0 Å². The van der Waals surface area contributed by atoms with E-state index in [-0.39, 0.29) is 24.8 Å². The number of esters is 1. The van der Waals surface area contributed by atoms with Crippen LogP contribution >= 0.6 is 0 Å². The predicted octanol–water partition coefficient (Wildman–Crippen LogP) is 13.2. The van der Waals surface area contributed by atoms with E-state index in [1.807, 2.05) is 0 Å². The Morgan fingerprint density at radius 3 is 1.31 bits per heavy atom. The number of hydrogen-bond donors (Lipinski definition) is 2. The smallest absolute Gasteiger partial charge is 0.306 e. The molecule has 0 aliphatic heterocycles. The standard InChI is InChI=1S/C46H93NO5/c1-5-9-12-15-20-27-34-43(8-4)51-45(49)37-30-23-18-25-32-39-47(41-42-48)40-33-26-19-24-31-38-46(50)52-44(35-28-21-16-13-10-6-2)36-29-22-17-14-11-7-3/h43-44,46,48,50H,5-42H2,1-4H3. The quantitative estimate of drug-likeness (QED) is 0.0368. The Hall–Kier alpha value is -0.690. The number of nitrogens with zero attached hydrogens (tertiary/aromatic N) is 1. The Morgan fingerprint density at radius 2 is 0.865 bits per heavy atom. The molecular formula is C46H93NO5. The number of aliphatic hydroxyl groups excluding tert-OH is 2. The Morgan fingerprint density at radius 1 is 0.481 bits per heavy atom. The monoisotopic (exact) mass is 740 g/mol. The van der Waals surface area contributed by atoms with Crippen LogP contribution in [0.2, 0.25) is 0 Å². The molecule has 0 heterocycles. The molecule has 0 amide bonds. The van der Waals surface area contributed by atoms with Gasteiger partial charge in [0.1, 0.15) is 6.10 Å². The third-order valence-corrected chi connectivity index (χ3v) is 10.9. The molecule has 0 aliphatic carbocycles. The van der Waals surface area contributed by atoms with Crippen molar-refractivity contribution >= 4 is 5.97 Å². The van der Waals surface area contributed by atoms with Gasteiger partial charge in [0, 0.05) is 13.0 Å². The van der Waals surface area contributed by atoms with Crippen LogP contribution in [0.3, 0.4) is 0 Å². The van der Waals surface area contributed by atoms with E-state index in [4.69, 9.17) is 9.47 Å². The van der Waals surface area contributed by atoms with Crippen molar-refractivity contribution < 1.29 is 24.5 Å². The third kappa shape index (κ3) is 36.3. The minimum Gasteiger partial charge on any atom is -0.462 e. The first-order valence-electron chi connectivity index (χ1n) is 23.4. The Bertz CT molecular complexity index is 690. The largest absolute Gasteiger partial charge is 0.462 e. The van der Waals surface area contributed by atoms with Crippen LogP contribution in [0.15, 0.2) is 0 Å². The minimum absolute atomic E-state index is 0.0114. The number of ether oxygens (including phenoxy) is 2. The summed E-state index contributed by atoms with van der Waals surface area (Å²) in [6, 6.07) is 0. The second-order valence-electron chi connectivity index (χ2n) is 16.0. The molecule has 52 heavy (non-hydrogen) atoms. The molecule has 0 saturated carbocycles. The van der Waals surface area contributed by atoms with E-state index in [1.54, 1.807) is 0 Å². The highest BCUT2D eigenvalue weighted by molar-refractivity contribution is 5.69. The molecule has 2 unspecified atom stereocenters. The molecule has 0 aliphatic rings. The minimum atomic E-state index is -0.618. The van der Waals surface area contributed by atoms with Crippen LogP contribution in [0.25, 0.3) is 0 Å². The van der Waals surface area contributed by atoms with E-state index >= 15 is 0 Å². The Balaban J connectivity index is 4.03. The molecule has 0 aromatic heterocycles. The maximum absolute atomic E-state index is 12.3. The summed E-state index contributed by atoms with van der Waals surface area (Å²) in [7, 11) is 0. The zero-order chi connectivity index (χ0) is 38.2. The first kappa shape index (κ1) is 51.3. The average molecular weight is 740 g/mol. The fraction of sp³-hybridized carbons (Fsp3) is 0.978.